The van der Waals surface area contributed by atoms with Gasteiger partial charge in [0.1, 0.15) is 0 Å². The van der Waals surface area contributed by atoms with Crippen molar-refractivity contribution >= 4 is 11.8 Å². The highest BCUT2D eigenvalue weighted by atomic mass is 32.2. The van der Waals surface area contributed by atoms with E-state index in [4.69, 9.17) is 0 Å². The lowest BCUT2D eigenvalue weighted by atomic mass is 10.0. The van der Waals surface area contributed by atoms with Crippen molar-refractivity contribution < 1.29 is 0 Å². The van der Waals surface area contributed by atoms with Crippen LogP contribution in [0.5, 0.6) is 0 Å². The van der Waals surface area contributed by atoms with Crippen molar-refractivity contribution in [2.75, 3.05) is 18.6 Å². The van der Waals surface area contributed by atoms with Gasteiger partial charge in [0.2, 0.25) is 0 Å². The molecule has 0 aliphatic heterocycles. The number of thioether (sulfide) groups is 1. The lowest BCUT2D eigenvalue weighted by Crippen LogP contribution is -2.23. The zero-order chi connectivity index (χ0) is 10.9. The third kappa shape index (κ3) is 4.67. The van der Waals surface area contributed by atoms with Gasteiger partial charge in [-0.25, -0.2) is 0 Å². The van der Waals surface area contributed by atoms with Crippen molar-refractivity contribution in [1.29, 1.82) is 0 Å². The molecular weight excluding hydrogens is 204 g/mol. The molecule has 0 saturated carbocycles. The van der Waals surface area contributed by atoms with Crippen LogP contribution in [0, 0.1) is 0 Å². The quantitative estimate of drug-likeness (QED) is 0.721. The van der Waals surface area contributed by atoms with Gasteiger partial charge in [-0.05, 0) is 24.3 Å². The number of nitrogens with one attached hydrogen (secondary N) is 1. The zero-order valence-corrected chi connectivity index (χ0v) is 10.4. The molecule has 15 heavy (non-hydrogen) atoms. The van der Waals surface area contributed by atoms with E-state index in [1.54, 1.807) is 0 Å². The second-order valence-electron chi connectivity index (χ2n) is 3.57. The standard InChI is InChI=1S/C12H20N2S/c1-3-5-12(14-8-9-15-2)11-6-4-7-13-10-11/h4,6-7,10,12,14H,3,5,8-9H2,1-2H3. The number of aromatic nitrogens is 1. The fraction of sp³-hybridized carbons (Fsp3) is 0.583. The van der Waals surface area contributed by atoms with Crippen molar-refractivity contribution in [1.82, 2.24) is 10.3 Å². The Morgan fingerprint density at radius 1 is 1.53 bits per heavy atom. The average Bonchev–Trinajstić information content (AvgIpc) is 2.29. The molecule has 1 rings (SSSR count). The minimum absolute atomic E-state index is 0.468. The molecule has 0 spiro atoms. The normalized spacial score (nSPS) is 12.7. The van der Waals surface area contributed by atoms with Crippen LogP contribution in [0.2, 0.25) is 0 Å². The van der Waals surface area contributed by atoms with Crippen LogP contribution < -0.4 is 5.32 Å². The number of rotatable bonds is 7. The first-order valence-electron chi connectivity index (χ1n) is 5.50. The summed E-state index contributed by atoms with van der Waals surface area (Å²) in [5, 5.41) is 3.58. The Balaban J connectivity index is 2.50. The Labute approximate surface area is 96.9 Å². The van der Waals surface area contributed by atoms with Gasteiger partial charge in [0.15, 0.2) is 0 Å². The Bertz CT molecular complexity index is 251. The Kier molecular flexibility index (Phi) is 6.44. The summed E-state index contributed by atoms with van der Waals surface area (Å²) in [5.74, 6) is 1.17. The van der Waals surface area contributed by atoms with E-state index in [9.17, 15) is 0 Å². The van der Waals surface area contributed by atoms with Crippen LogP contribution >= 0.6 is 11.8 Å². The van der Waals surface area contributed by atoms with Gasteiger partial charge < -0.3 is 5.32 Å². The van der Waals surface area contributed by atoms with E-state index in [1.807, 2.05) is 30.2 Å². The molecule has 1 aromatic rings. The Hall–Kier alpha value is -0.540. The summed E-state index contributed by atoms with van der Waals surface area (Å²) >= 11 is 1.88. The van der Waals surface area contributed by atoms with Gasteiger partial charge in [-0.3, -0.25) is 4.98 Å². The summed E-state index contributed by atoms with van der Waals surface area (Å²) in [6, 6.07) is 4.63. The number of hydrogen-bond acceptors (Lipinski definition) is 3. The van der Waals surface area contributed by atoms with Crippen LogP contribution in [-0.4, -0.2) is 23.5 Å². The van der Waals surface area contributed by atoms with Crippen LogP contribution in [0.4, 0.5) is 0 Å². The first-order chi connectivity index (χ1) is 7.38. The maximum Gasteiger partial charge on any atom is 0.0335 e. The molecule has 1 atom stereocenters. The molecule has 0 fully saturated rings. The van der Waals surface area contributed by atoms with Crippen LogP contribution in [0.3, 0.4) is 0 Å². The minimum atomic E-state index is 0.468. The molecule has 1 heterocycles. The molecule has 1 N–H and O–H groups in total. The summed E-state index contributed by atoms with van der Waals surface area (Å²) in [6.45, 7) is 3.29. The topological polar surface area (TPSA) is 24.9 Å². The average molecular weight is 224 g/mol. The Morgan fingerprint density at radius 2 is 2.40 bits per heavy atom. The highest BCUT2D eigenvalue weighted by Crippen LogP contribution is 2.16. The smallest absolute Gasteiger partial charge is 0.0335 e. The highest BCUT2D eigenvalue weighted by Gasteiger charge is 2.08. The second kappa shape index (κ2) is 7.71. The fourth-order valence-electron chi connectivity index (χ4n) is 1.59. The van der Waals surface area contributed by atoms with Gasteiger partial charge >= 0.3 is 0 Å². The van der Waals surface area contributed by atoms with Gasteiger partial charge in [0, 0.05) is 30.7 Å². The Morgan fingerprint density at radius 3 is 3.00 bits per heavy atom. The number of hydrogen-bond donors (Lipinski definition) is 1. The third-order valence-corrected chi connectivity index (χ3v) is 2.97. The van der Waals surface area contributed by atoms with Gasteiger partial charge in [-0.1, -0.05) is 19.4 Å². The van der Waals surface area contributed by atoms with E-state index >= 15 is 0 Å². The molecular formula is C12H20N2S. The van der Waals surface area contributed by atoms with Gasteiger partial charge in [0.05, 0.1) is 0 Å². The summed E-state index contributed by atoms with van der Waals surface area (Å²) in [5.41, 5.74) is 1.31. The maximum atomic E-state index is 4.17. The van der Waals surface area contributed by atoms with E-state index < -0.39 is 0 Å². The lowest BCUT2D eigenvalue weighted by molar-refractivity contribution is 0.510. The van der Waals surface area contributed by atoms with E-state index in [0.717, 1.165) is 6.54 Å². The monoisotopic (exact) mass is 224 g/mol. The van der Waals surface area contributed by atoms with Crippen molar-refractivity contribution in [2.24, 2.45) is 0 Å². The first-order valence-corrected chi connectivity index (χ1v) is 6.90. The molecule has 2 nitrogen and oxygen atoms in total. The predicted octanol–water partition coefficient (Wildman–Crippen LogP) is 2.88. The van der Waals surface area contributed by atoms with Crippen LogP contribution in [0.15, 0.2) is 24.5 Å². The minimum Gasteiger partial charge on any atom is -0.309 e. The van der Waals surface area contributed by atoms with Crippen LogP contribution in [-0.2, 0) is 0 Å². The van der Waals surface area contributed by atoms with Gasteiger partial charge in [-0.15, -0.1) is 0 Å². The summed E-state index contributed by atoms with van der Waals surface area (Å²) in [7, 11) is 0. The van der Waals surface area contributed by atoms with Gasteiger partial charge in [0.25, 0.3) is 0 Å². The highest BCUT2D eigenvalue weighted by molar-refractivity contribution is 7.98. The van der Waals surface area contributed by atoms with Crippen molar-refractivity contribution in [3.05, 3.63) is 30.1 Å². The van der Waals surface area contributed by atoms with Crippen molar-refractivity contribution in [2.45, 2.75) is 25.8 Å². The number of nitrogens with zero attached hydrogens (tertiary/aromatic N) is 1. The summed E-state index contributed by atoms with van der Waals surface area (Å²) in [4.78, 5) is 4.17. The molecule has 0 amide bonds. The molecule has 0 radical (unpaired) electrons. The summed E-state index contributed by atoms with van der Waals surface area (Å²) < 4.78 is 0. The van der Waals surface area contributed by atoms with E-state index in [0.29, 0.717) is 6.04 Å². The number of pyridine rings is 1. The zero-order valence-electron chi connectivity index (χ0n) is 9.57. The largest absolute Gasteiger partial charge is 0.309 e. The fourth-order valence-corrected chi connectivity index (χ4v) is 1.91. The molecule has 1 unspecified atom stereocenters. The molecule has 1 aromatic heterocycles. The first kappa shape index (κ1) is 12.5. The van der Waals surface area contributed by atoms with E-state index in [-0.39, 0.29) is 0 Å². The van der Waals surface area contributed by atoms with Crippen molar-refractivity contribution in [3.8, 4) is 0 Å². The molecule has 84 valence electrons. The third-order valence-electron chi connectivity index (χ3n) is 2.36. The van der Waals surface area contributed by atoms with Crippen LogP contribution in [0.1, 0.15) is 31.4 Å². The predicted molar refractivity (Wildman–Crippen MR) is 68.3 cm³/mol. The molecule has 0 aromatic carbocycles. The molecule has 0 bridgehead atoms. The SMILES string of the molecule is CCCC(NCCSC)c1cccnc1. The molecule has 0 aliphatic carbocycles. The second-order valence-corrected chi connectivity index (χ2v) is 4.56. The van der Waals surface area contributed by atoms with Crippen LogP contribution in [0.25, 0.3) is 0 Å². The van der Waals surface area contributed by atoms with Gasteiger partial charge in [-0.2, -0.15) is 11.8 Å². The van der Waals surface area contributed by atoms with Crippen molar-refractivity contribution in [3.63, 3.8) is 0 Å². The molecule has 0 saturated heterocycles. The lowest BCUT2D eigenvalue weighted by Gasteiger charge is -2.17. The van der Waals surface area contributed by atoms with E-state index in [2.05, 4.69) is 29.5 Å². The summed E-state index contributed by atoms with van der Waals surface area (Å²) in [6.07, 6.45) is 8.31. The molecule has 0 aliphatic rings. The maximum absolute atomic E-state index is 4.17. The molecule has 3 heteroatoms. The van der Waals surface area contributed by atoms with E-state index in [1.165, 1.54) is 24.2 Å².